The van der Waals surface area contributed by atoms with E-state index in [9.17, 15) is 19.2 Å². The highest BCUT2D eigenvalue weighted by Crippen LogP contribution is 2.27. The number of methoxy groups -OCH3 is 1. The van der Waals surface area contributed by atoms with E-state index >= 15 is 0 Å². The van der Waals surface area contributed by atoms with Gasteiger partial charge in [0.15, 0.2) is 0 Å². The molecule has 1 aliphatic carbocycles. The summed E-state index contributed by atoms with van der Waals surface area (Å²) in [5.41, 5.74) is -0.653. The van der Waals surface area contributed by atoms with Crippen LogP contribution in [0.2, 0.25) is 0 Å². The Kier molecular flexibility index (Phi) is 12.8. The molecule has 0 spiro atoms. The summed E-state index contributed by atoms with van der Waals surface area (Å²) < 4.78 is 9.79. The van der Waals surface area contributed by atoms with E-state index in [1.165, 1.54) is 13.5 Å². The number of nitrogens with one attached hydrogen (secondary N) is 2. The van der Waals surface area contributed by atoms with Gasteiger partial charge in [-0.2, -0.15) is 0 Å². The van der Waals surface area contributed by atoms with E-state index in [2.05, 4.69) is 15.4 Å². The van der Waals surface area contributed by atoms with Crippen molar-refractivity contribution in [3.05, 3.63) is 0 Å². The Morgan fingerprint density at radius 1 is 1.03 bits per heavy atom. The molecule has 9 heteroatoms. The zero-order valence-corrected chi connectivity index (χ0v) is 21.0. The quantitative estimate of drug-likeness (QED) is 0.335. The SMILES string of the molecule is COC(=O)CCCCCN(C)C(=O)[C@H](CC1CCCCC1)NC(=O)CNC(=O)OC(C)(C)C. The topological polar surface area (TPSA) is 114 Å². The number of likely N-dealkylation sites (N-methyl/N-ethyl adjacent to an activating group) is 1. The van der Waals surface area contributed by atoms with Crippen LogP contribution in [0.25, 0.3) is 0 Å². The van der Waals surface area contributed by atoms with Crippen LogP contribution in [0.4, 0.5) is 4.79 Å². The van der Waals surface area contributed by atoms with Gasteiger partial charge in [-0.1, -0.05) is 38.5 Å². The maximum Gasteiger partial charge on any atom is 0.408 e. The molecule has 1 fully saturated rings. The van der Waals surface area contributed by atoms with Crippen LogP contribution in [0.1, 0.15) is 85.0 Å². The van der Waals surface area contributed by atoms with E-state index in [0.717, 1.165) is 38.5 Å². The lowest BCUT2D eigenvalue weighted by atomic mass is 9.84. The minimum Gasteiger partial charge on any atom is -0.469 e. The predicted molar refractivity (Wildman–Crippen MR) is 125 cm³/mol. The molecular weight excluding hydrogens is 426 g/mol. The van der Waals surface area contributed by atoms with Crippen LogP contribution in [-0.4, -0.2) is 67.7 Å². The first kappa shape index (κ1) is 28.7. The number of nitrogens with zero attached hydrogens (tertiary/aromatic N) is 1. The maximum atomic E-state index is 13.1. The van der Waals surface area contributed by atoms with Crippen LogP contribution in [0.5, 0.6) is 0 Å². The van der Waals surface area contributed by atoms with E-state index in [4.69, 9.17) is 4.74 Å². The second-order valence-corrected chi connectivity index (χ2v) is 9.86. The summed E-state index contributed by atoms with van der Waals surface area (Å²) in [5.74, 6) is -0.365. The summed E-state index contributed by atoms with van der Waals surface area (Å²) in [4.78, 5) is 50.3. The second-order valence-electron chi connectivity index (χ2n) is 9.86. The molecular formula is C24H43N3O6. The van der Waals surface area contributed by atoms with Crippen molar-refractivity contribution in [2.45, 2.75) is 96.6 Å². The Labute approximate surface area is 198 Å². The van der Waals surface area contributed by atoms with Crippen LogP contribution in [0.15, 0.2) is 0 Å². The Balaban J connectivity index is 2.58. The fourth-order valence-corrected chi connectivity index (χ4v) is 3.96. The third-order valence-electron chi connectivity index (χ3n) is 5.70. The smallest absolute Gasteiger partial charge is 0.408 e. The van der Waals surface area contributed by atoms with Crippen molar-refractivity contribution in [1.82, 2.24) is 15.5 Å². The minimum absolute atomic E-state index is 0.126. The second kappa shape index (κ2) is 14.8. The van der Waals surface area contributed by atoms with Crippen molar-refractivity contribution in [1.29, 1.82) is 0 Å². The summed E-state index contributed by atoms with van der Waals surface area (Å²) in [6, 6.07) is -0.624. The molecule has 3 amide bonds. The molecule has 0 unspecified atom stereocenters. The summed E-state index contributed by atoms with van der Waals surface area (Å²) in [6.07, 6.45) is 8.24. The van der Waals surface area contributed by atoms with Gasteiger partial charge in [0.1, 0.15) is 18.2 Å². The van der Waals surface area contributed by atoms with Crippen molar-refractivity contribution in [2.75, 3.05) is 27.2 Å². The molecule has 0 heterocycles. The number of hydrogen-bond acceptors (Lipinski definition) is 6. The summed E-state index contributed by atoms with van der Waals surface area (Å²) in [7, 11) is 3.11. The fourth-order valence-electron chi connectivity index (χ4n) is 3.96. The molecule has 0 radical (unpaired) electrons. The molecule has 33 heavy (non-hydrogen) atoms. The van der Waals surface area contributed by atoms with E-state index in [0.29, 0.717) is 31.7 Å². The third-order valence-corrected chi connectivity index (χ3v) is 5.70. The van der Waals surface area contributed by atoms with Crippen molar-refractivity contribution in [3.63, 3.8) is 0 Å². The Morgan fingerprint density at radius 2 is 1.70 bits per heavy atom. The molecule has 1 atom stereocenters. The van der Waals surface area contributed by atoms with Crippen LogP contribution in [0.3, 0.4) is 0 Å². The lowest BCUT2D eigenvalue weighted by molar-refractivity contribution is -0.140. The summed E-state index contributed by atoms with van der Waals surface area (Å²) in [6.45, 7) is 5.54. The van der Waals surface area contributed by atoms with Gasteiger partial charge in [-0.15, -0.1) is 0 Å². The number of alkyl carbamates (subject to hydrolysis) is 1. The number of unbranched alkanes of at least 4 members (excludes halogenated alkanes) is 2. The highest BCUT2D eigenvalue weighted by atomic mass is 16.6. The average molecular weight is 470 g/mol. The van der Waals surface area contributed by atoms with E-state index in [1.54, 1.807) is 32.7 Å². The highest BCUT2D eigenvalue weighted by molar-refractivity contribution is 5.89. The van der Waals surface area contributed by atoms with E-state index in [-0.39, 0.29) is 18.4 Å². The Hall–Kier alpha value is -2.32. The van der Waals surface area contributed by atoms with Gasteiger partial charge in [0.25, 0.3) is 0 Å². The first-order chi connectivity index (χ1) is 15.5. The number of amides is 3. The standard InChI is InChI=1S/C24H43N3O6/c1-24(2,3)33-23(31)25-17-20(28)26-19(16-18-12-8-6-9-13-18)22(30)27(4)15-11-7-10-14-21(29)32-5/h18-19H,6-17H2,1-5H3,(H,25,31)(H,26,28)/t19-/m0/s1. The molecule has 2 N–H and O–H groups in total. The van der Waals surface area contributed by atoms with Gasteiger partial charge in [-0.3, -0.25) is 14.4 Å². The monoisotopic (exact) mass is 469 g/mol. The summed E-state index contributed by atoms with van der Waals surface area (Å²) >= 11 is 0. The van der Waals surface area contributed by atoms with Gasteiger partial charge in [-0.25, -0.2) is 4.79 Å². The molecule has 1 saturated carbocycles. The van der Waals surface area contributed by atoms with Gasteiger partial charge >= 0.3 is 12.1 Å². The molecule has 190 valence electrons. The molecule has 0 aliphatic heterocycles. The van der Waals surface area contributed by atoms with Gasteiger partial charge < -0.3 is 25.0 Å². The average Bonchev–Trinajstić information content (AvgIpc) is 2.75. The molecule has 1 aliphatic rings. The first-order valence-corrected chi connectivity index (χ1v) is 12.1. The molecule has 0 aromatic carbocycles. The lowest BCUT2D eigenvalue weighted by Gasteiger charge is -2.29. The van der Waals surface area contributed by atoms with Crippen molar-refractivity contribution < 1.29 is 28.7 Å². The third kappa shape index (κ3) is 13.1. The van der Waals surface area contributed by atoms with E-state index < -0.39 is 23.6 Å². The van der Waals surface area contributed by atoms with E-state index in [1.807, 2.05) is 0 Å². The number of ether oxygens (including phenoxy) is 2. The molecule has 0 bridgehead atoms. The number of esters is 1. The minimum atomic E-state index is -0.670. The van der Waals surface area contributed by atoms with Crippen molar-refractivity contribution >= 4 is 23.9 Å². The van der Waals surface area contributed by atoms with Crippen LogP contribution < -0.4 is 10.6 Å². The van der Waals surface area contributed by atoms with Gasteiger partial charge in [0.05, 0.1) is 7.11 Å². The predicted octanol–water partition coefficient (Wildman–Crippen LogP) is 3.16. The van der Waals surface area contributed by atoms with Gasteiger partial charge in [0.2, 0.25) is 11.8 Å². The highest BCUT2D eigenvalue weighted by Gasteiger charge is 2.28. The normalized spacial score (nSPS) is 15.3. The molecule has 1 rings (SSSR count). The zero-order valence-electron chi connectivity index (χ0n) is 21.0. The zero-order chi connectivity index (χ0) is 24.9. The van der Waals surface area contributed by atoms with Crippen molar-refractivity contribution in [2.24, 2.45) is 5.92 Å². The maximum absolute atomic E-state index is 13.1. The first-order valence-electron chi connectivity index (χ1n) is 12.1. The van der Waals surface area contributed by atoms with Gasteiger partial charge in [-0.05, 0) is 46.0 Å². The largest absolute Gasteiger partial charge is 0.469 e. The Bertz CT molecular complexity index is 641. The number of hydrogen-bond donors (Lipinski definition) is 2. The van der Waals surface area contributed by atoms with Gasteiger partial charge in [0, 0.05) is 20.0 Å². The molecule has 0 aromatic heterocycles. The number of carbonyl (C=O) groups excluding carboxylic acids is 4. The van der Waals surface area contributed by atoms with Crippen LogP contribution >= 0.6 is 0 Å². The molecule has 0 saturated heterocycles. The van der Waals surface area contributed by atoms with Crippen molar-refractivity contribution in [3.8, 4) is 0 Å². The fraction of sp³-hybridized carbons (Fsp3) is 0.833. The lowest BCUT2D eigenvalue weighted by Crippen LogP contribution is -2.51. The molecule has 0 aromatic rings. The number of carbonyl (C=O) groups is 4. The number of rotatable bonds is 12. The summed E-state index contributed by atoms with van der Waals surface area (Å²) in [5, 5.41) is 5.27. The molecule has 9 nitrogen and oxygen atoms in total. The Morgan fingerprint density at radius 3 is 2.30 bits per heavy atom. The van der Waals surface area contributed by atoms with Crippen LogP contribution in [0, 0.1) is 5.92 Å². The van der Waals surface area contributed by atoms with Crippen LogP contribution in [-0.2, 0) is 23.9 Å².